The number of carbonyl (C=O) groups is 1. The Hall–Kier alpha value is -3.27. The number of fused-ring (bicyclic) bond motifs is 1. The van der Waals surface area contributed by atoms with Crippen molar-refractivity contribution in [3.63, 3.8) is 0 Å². The van der Waals surface area contributed by atoms with Gasteiger partial charge in [0, 0.05) is 10.4 Å². The van der Waals surface area contributed by atoms with Gasteiger partial charge in [0.15, 0.2) is 4.80 Å². The third-order valence-corrected chi connectivity index (χ3v) is 8.23. The molecule has 0 unspecified atom stereocenters. The Labute approximate surface area is 223 Å². The Bertz CT molecular complexity index is 1630. The number of benzene rings is 2. The second kappa shape index (κ2) is 10.4. The third kappa shape index (κ3) is 4.61. The smallest absolute Gasteiger partial charge is 0.338 e. The monoisotopic (exact) mass is 580 g/mol. The van der Waals surface area contributed by atoms with Crippen molar-refractivity contribution in [2.75, 3.05) is 13.7 Å². The van der Waals surface area contributed by atoms with E-state index in [-0.39, 0.29) is 12.2 Å². The van der Waals surface area contributed by atoms with Gasteiger partial charge in [-0.15, -0.1) is 11.3 Å². The molecule has 1 atom stereocenters. The Morgan fingerprint density at radius 1 is 1.08 bits per heavy atom. The van der Waals surface area contributed by atoms with Crippen molar-refractivity contribution >= 4 is 56.3 Å². The van der Waals surface area contributed by atoms with Gasteiger partial charge < -0.3 is 9.47 Å². The average Bonchev–Trinajstić information content (AvgIpc) is 3.45. The number of ether oxygens (including phenoxy) is 2. The Balaban J connectivity index is 1.82. The SMILES string of the molecule is CCOC(=O)C1=C(c2ccccc2)N=c2sc(=Cc3ccc(Br)s3)c(=O)n2[C@@H]1c1ccc(OC)cc1. The predicted molar refractivity (Wildman–Crippen MR) is 146 cm³/mol. The van der Waals surface area contributed by atoms with Crippen LogP contribution in [-0.4, -0.2) is 24.3 Å². The highest BCUT2D eigenvalue weighted by Crippen LogP contribution is 2.35. The molecule has 0 N–H and O–H groups in total. The minimum atomic E-state index is -0.710. The number of nitrogens with zero attached hydrogens (tertiary/aromatic N) is 2. The first-order valence-electron chi connectivity index (χ1n) is 11.2. The zero-order valence-electron chi connectivity index (χ0n) is 19.4. The summed E-state index contributed by atoms with van der Waals surface area (Å²) in [5.41, 5.74) is 2.15. The summed E-state index contributed by atoms with van der Waals surface area (Å²) in [5.74, 6) is 0.178. The van der Waals surface area contributed by atoms with Gasteiger partial charge in [-0.05, 0) is 58.8 Å². The summed E-state index contributed by atoms with van der Waals surface area (Å²) in [6.45, 7) is 1.97. The van der Waals surface area contributed by atoms with Gasteiger partial charge in [-0.2, -0.15) is 0 Å². The molecule has 9 heteroatoms. The van der Waals surface area contributed by atoms with Crippen molar-refractivity contribution in [2.45, 2.75) is 13.0 Å². The van der Waals surface area contributed by atoms with E-state index in [1.807, 2.05) is 72.8 Å². The lowest BCUT2D eigenvalue weighted by molar-refractivity contribution is -0.138. The van der Waals surface area contributed by atoms with Crippen LogP contribution in [-0.2, 0) is 9.53 Å². The van der Waals surface area contributed by atoms with Crippen LogP contribution in [0.4, 0.5) is 0 Å². The van der Waals surface area contributed by atoms with Crippen LogP contribution in [0.5, 0.6) is 5.75 Å². The van der Waals surface area contributed by atoms with Crippen LogP contribution >= 0.6 is 38.6 Å². The van der Waals surface area contributed by atoms with E-state index in [0.29, 0.717) is 26.4 Å². The summed E-state index contributed by atoms with van der Waals surface area (Å²) in [7, 11) is 1.60. The zero-order valence-corrected chi connectivity index (χ0v) is 22.7. The number of halogens is 1. The van der Waals surface area contributed by atoms with Gasteiger partial charge in [0.25, 0.3) is 5.56 Å². The largest absolute Gasteiger partial charge is 0.497 e. The number of hydrogen-bond donors (Lipinski definition) is 0. The number of methoxy groups -OCH3 is 1. The molecule has 182 valence electrons. The molecule has 6 nitrogen and oxygen atoms in total. The number of rotatable bonds is 6. The zero-order chi connectivity index (χ0) is 25.2. The molecule has 0 radical (unpaired) electrons. The maximum absolute atomic E-state index is 13.8. The second-order valence-electron chi connectivity index (χ2n) is 7.85. The van der Waals surface area contributed by atoms with Gasteiger partial charge in [0.05, 0.1) is 39.3 Å². The first kappa shape index (κ1) is 24.4. The highest BCUT2D eigenvalue weighted by atomic mass is 79.9. The summed E-state index contributed by atoms with van der Waals surface area (Å²) in [4.78, 5) is 33.5. The molecule has 1 aliphatic rings. The van der Waals surface area contributed by atoms with E-state index in [9.17, 15) is 9.59 Å². The van der Waals surface area contributed by atoms with Crippen molar-refractivity contribution in [3.05, 3.63) is 112 Å². The Morgan fingerprint density at radius 2 is 1.83 bits per heavy atom. The van der Waals surface area contributed by atoms with E-state index >= 15 is 0 Å². The molecule has 0 saturated heterocycles. The lowest BCUT2D eigenvalue weighted by Gasteiger charge is -2.26. The molecule has 4 aromatic rings. The molecule has 0 saturated carbocycles. The summed E-state index contributed by atoms with van der Waals surface area (Å²) in [6.07, 6.45) is 1.86. The number of esters is 1. The van der Waals surface area contributed by atoms with E-state index in [0.717, 1.165) is 19.8 Å². The summed E-state index contributed by atoms with van der Waals surface area (Å²) < 4.78 is 13.9. The van der Waals surface area contributed by atoms with E-state index in [1.165, 1.54) is 22.7 Å². The van der Waals surface area contributed by atoms with Crippen molar-refractivity contribution in [1.82, 2.24) is 4.57 Å². The Kier molecular flexibility index (Phi) is 7.04. The van der Waals surface area contributed by atoms with Gasteiger partial charge in [0.2, 0.25) is 0 Å². The fourth-order valence-electron chi connectivity index (χ4n) is 4.08. The van der Waals surface area contributed by atoms with Crippen LogP contribution in [0.1, 0.15) is 29.0 Å². The number of hydrogen-bond acceptors (Lipinski definition) is 7. The lowest BCUT2D eigenvalue weighted by atomic mass is 9.93. The maximum atomic E-state index is 13.8. The first-order valence-corrected chi connectivity index (χ1v) is 13.6. The van der Waals surface area contributed by atoms with Gasteiger partial charge in [-0.3, -0.25) is 9.36 Å². The van der Waals surface area contributed by atoms with E-state index in [4.69, 9.17) is 14.5 Å². The van der Waals surface area contributed by atoms with Crippen LogP contribution in [0.3, 0.4) is 0 Å². The third-order valence-electron chi connectivity index (χ3n) is 5.67. The highest BCUT2D eigenvalue weighted by Gasteiger charge is 2.35. The quantitative estimate of drug-likeness (QED) is 0.308. The topological polar surface area (TPSA) is 69.9 Å². The van der Waals surface area contributed by atoms with Crippen LogP contribution in [0, 0.1) is 0 Å². The summed E-state index contributed by atoms with van der Waals surface area (Å²) >= 11 is 6.32. The highest BCUT2D eigenvalue weighted by molar-refractivity contribution is 9.11. The standard InChI is InChI=1S/C27H21BrN2O4S2/c1-3-34-26(32)22-23(16-7-5-4-6-8-16)29-27-30(24(22)17-9-11-18(33-2)12-10-17)25(31)20(36-27)15-19-13-14-21(28)35-19/h4-15,24H,3H2,1-2H3/t24-/m1/s1. The molecule has 0 amide bonds. The van der Waals surface area contributed by atoms with Gasteiger partial charge in [-0.25, -0.2) is 9.79 Å². The number of aromatic nitrogens is 1. The molecule has 0 bridgehead atoms. The van der Waals surface area contributed by atoms with Gasteiger partial charge in [-0.1, -0.05) is 53.8 Å². The molecule has 0 aliphatic carbocycles. The molecule has 3 heterocycles. The van der Waals surface area contributed by atoms with Crippen LogP contribution in [0.2, 0.25) is 0 Å². The minimum Gasteiger partial charge on any atom is -0.497 e. The van der Waals surface area contributed by atoms with E-state index < -0.39 is 12.0 Å². The van der Waals surface area contributed by atoms with Crippen molar-refractivity contribution in [1.29, 1.82) is 0 Å². The minimum absolute atomic E-state index is 0.206. The van der Waals surface area contributed by atoms with Crippen molar-refractivity contribution < 1.29 is 14.3 Å². The van der Waals surface area contributed by atoms with Crippen molar-refractivity contribution in [2.24, 2.45) is 4.99 Å². The lowest BCUT2D eigenvalue weighted by Crippen LogP contribution is -2.39. The molecule has 2 aromatic heterocycles. The summed E-state index contributed by atoms with van der Waals surface area (Å²) in [5, 5.41) is 0. The van der Waals surface area contributed by atoms with Gasteiger partial charge >= 0.3 is 5.97 Å². The first-order chi connectivity index (χ1) is 17.5. The number of thiophene rings is 1. The fraction of sp³-hybridized carbons (Fsp3) is 0.148. The molecular weight excluding hydrogens is 560 g/mol. The molecule has 0 spiro atoms. The van der Waals surface area contributed by atoms with Crippen LogP contribution in [0.25, 0.3) is 11.8 Å². The molecule has 0 fully saturated rings. The average molecular weight is 582 g/mol. The number of thiazole rings is 1. The van der Waals surface area contributed by atoms with Crippen LogP contribution < -0.4 is 19.6 Å². The van der Waals surface area contributed by atoms with Crippen LogP contribution in [0.15, 0.2) is 85.9 Å². The van der Waals surface area contributed by atoms with E-state index in [2.05, 4.69) is 15.9 Å². The number of carbonyl (C=O) groups excluding carboxylic acids is 1. The normalized spacial score (nSPS) is 15.4. The van der Waals surface area contributed by atoms with E-state index in [1.54, 1.807) is 18.6 Å². The Morgan fingerprint density at radius 3 is 2.47 bits per heavy atom. The second-order valence-corrected chi connectivity index (χ2v) is 11.4. The van der Waals surface area contributed by atoms with Gasteiger partial charge in [0.1, 0.15) is 5.75 Å². The maximum Gasteiger partial charge on any atom is 0.338 e. The molecule has 2 aromatic carbocycles. The molecule has 5 rings (SSSR count). The molecular formula is C27H21BrN2O4S2. The van der Waals surface area contributed by atoms with Crippen molar-refractivity contribution in [3.8, 4) is 5.75 Å². The fourth-order valence-corrected chi connectivity index (χ4v) is 6.51. The predicted octanol–water partition coefficient (Wildman–Crippen LogP) is 4.77. The molecule has 1 aliphatic heterocycles. The summed E-state index contributed by atoms with van der Waals surface area (Å²) in [6, 6.07) is 20.1. The molecule has 36 heavy (non-hydrogen) atoms.